The van der Waals surface area contributed by atoms with Crippen LogP contribution in [0.5, 0.6) is 0 Å². The molecule has 2 aromatic carbocycles. The predicted molar refractivity (Wildman–Crippen MR) is 104 cm³/mol. The van der Waals surface area contributed by atoms with E-state index >= 15 is 0 Å². The number of alkyl halides is 9. The molecule has 4 rings (SSSR count). The number of rotatable bonds is 4. The topological polar surface area (TPSA) is 99.9 Å². The molecule has 0 N–H and O–H groups in total. The van der Waals surface area contributed by atoms with Gasteiger partial charge in [0.15, 0.2) is 5.69 Å². The van der Waals surface area contributed by atoms with E-state index in [1.165, 1.54) is 0 Å². The third-order valence-electron chi connectivity index (χ3n) is 4.85. The zero-order chi connectivity index (χ0) is 27.3. The third-order valence-corrected chi connectivity index (χ3v) is 4.85. The highest BCUT2D eigenvalue weighted by molar-refractivity contribution is 5.64. The summed E-state index contributed by atoms with van der Waals surface area (Å²) in [5, 5.41) is 17.6. The van der Waals surface area contributed by atoms with E-state index in [4.69, 9.17) is 4.52 Å². The second-order valence-corrected chi connectivity index (χ2v) is 7.31. The van der Waals surface area contributed by atoms with Gasteiger partial charge in [-0.05, 0) is 30.3 Å². The molecular formula is C20H8F9N5O3. The number of halogens is 9. The lowest BCUT2D eigenvalue weighted by Crippen LogP contribution is -2.14. The summed E-state index contributed by atoms with van der Waals surface area (Å²) in [6.07, 6.45) is -14.9. The van der Waals surface area contributed by atoms with E-state index in [2.05, 4.69) is 15.2 Å². The average molecular weight is 537 g/mol. The molecule has 0 saturated carbocycles. The maximum Gasteiger partial charge on any atom is 0.434 e. The van der Waals surface area contributed by atoms with Crippen molar-refractivity contribution < 1.29 is 49.0 Å². The Morgan fingerprint density at radius 3 is 1.89 bits per heavy atom. The molecule has 0 fully saturated rings. The first-order valence-electron chi connectivity index (χ1n) is 9.59. The summed E-state index contributed by atoms with van der Waals surface area (Å²) in [6, 6.07) is 4.24. The van der Waals surface area contributed by atoms with E-state index in [9.17, 15) is 49.6 Å². The molecule has 37 heavy (non-hydrogen) atoms. The molecule has 0 spiro atoms. The van der Waals surface area contributed by atoms with E-state index in [0.29, 0.717) is 10.9 Å². The van der Waals surface area contributed by atoms with Crippen LogP contribution in [0.3, 0.4) is 0 Å². The van der Waals surface area contributed by atoms with Crippen molar-refractivity contribution in [3.05, 3.63) is 75.6 Å². The Balaban J connectivity index is 1.82. The number of aromatic nitrogens is 4. The number of benzene rings is 2. The molecule has 0 radical (unpaired) electrons. The fourth-order valence-electron chi connectivity index (χ4n) is 3.22. The monoisotopic (exact) mass is 537 g/mol. The molecule has 2 heterocycles. The molecule has 8 nitrogen and oxygen atoms in total. The zero-order valence-corrected chi connectivity index (χ0v) is 17.5. The lowest BCUT2D eigenvalue weighted by molar-refractivity contribution is -0.384. The Hall–Kier alpha value is -4.44. The van der Waals surface area contributed by atoms with Crippen LogP contribution in [0.4, 0.5) is 45.2 Å². The molecule has 0 aliphatic heterocycles. The molecule has 0 atom stereocenters. The van der Waals surface area contributed by atoms with Crippen LogP contribution in [0.2, 0.25) is 0 Å². The minimum absolute atomic E-state index is 0.138. The summed E-state index contributed by atoms with van der Waals surface area (Å²) in [7, 11) is 0. The second kappa shape index (κ2) is 8.59. The quantitative estimate of drug-likeness (QED) is 0.166. The van der Waals surface area contributed by atoms with Gasteiger partial charge >= 0.3 is 18.5 Å². The number of nitrogens with zero attached hydrogens (tertiary/aromatic N) is 5. The van der Waals surface area contributed by atoms with Gasteiger partial charge in [-0.2, -0.15) is 49.6 Å². The van der Waals surface area contributed by atoms with Gasteiger partial charge in [0.05, 0.1) is 33.5 Å². The molecule has 0 aliphatic rings. The molecule has 0 bridgehead atoms. The normalized spacial score (nSPS) is 12.7. The number of nitro groups is 1. The lowest BCUT2D eigenvalue weighted by atomic mass is 10.0. The molecule has 4 aromatic rings. The fraction of sp³-hybridized carbons (Fsp3) is 0.150. The van der Waals surface area contributed by atoms with Crippen molar-refractivity contribution in [1.82, 2.24) is 19.9 Å². The summed E-state index contributed by atoms with van der Waals surface area (Å²) in [5.41, 5.74) is -7.18. The summed E-state index contributed by atoms with van der Waals surface area (Å²) in [5.74, 6) is -1.75. The Labute approximate surface area is 198 Å². The van der Waals surface area contributed by atoms with E-state index in [1.807, 2.05) is 0 Å². The molecule has 0 unspecified atom stereocenters. The predicted octanol–water partition coefficient (Wildman–Crippen LogP) is 6.55. The standard InChI is InChI=1S/C20H8F9N5O3/c21-18(22,23)10-5-9(6-11(7-10)19(24,25)26)16-31-17(37-32-16)14-8-30-33(15(14)20(27,28)29)12-1-3-13(4-2-12)34(35)36/h1-8H. The van der Waals surface area contributed by atoms with Gasteiger partial charge in [0.2, 0.25) is 5.82 Å². The Bertz CT molecular complexity index is 1440. The summed E-state index contributed by atoms with van der Waals surface area (Å²) in [6.45, 7) is 0. The zero-order valence-electron chi connectivity index (χ0n) is 17.5. The number of non-ortho nitro benzene ring substituents is 1. The van der Waals surface area contributed by atoms with Crippen LogP contribution < -0.4 is 0 Å². The van der Waals surface area contributed by atoms with Crippen LogP contribution in [0.25, 0.3) is 28.5 Å². The largest absolute Gasteiger partial charge is 0.434 e. The first kappa shape index (κ1) is 25.6. The van der Waals surface area contributed by atoms with Gasteiger partial charge < -0.3 is 4.52 Å². The lowest BCUT2D eigenvalue weighted by Gasteiger charge is -2.12. The van der Waals surface area contributed by atoms with Gasteiger partial charge in [-0.25, -0.2) is 4.68 Å². The Morgan fingerprint density at radius 2 is 1.41 bits per heavy atom. The van der Waals surface area contributed by atoms with Crippen molar-refractivity contribution in [1.29, 1.82) is 0 Å². The van der Waals surface area contributed by atoms with Crippen LogP contribution in [-0.2, 0) is 18.5 Å². The molecule has 2 aromatic heterocycles. The number of hydrogen-bond donors (Lipinski definition) is 0. The summed E-state index contributed by atoms with van der Waals surface area (Å²) < 4.78 is 126. The van der Waals surface area contributed by atoms with Crippen LogP contribution in [0, 0.1) is 10.1 Å². The number of nitro benzene ring substituents is 1. The Kier molecular flexibility index (Phi) is 5.96. The minimum Gasteiger partial charge on any atom is -0.333 e. The maximum atomic E-state index is 13.9. The highest BCUT2D eigenvalue weighted by Gasteiger charge is 2.41. The molecule has 194 valence electrons. The van der Waals surface area contributed by atoms with E-state index in [-0.39, 0.29) is 23.9 Å². The van der Waals surface area contributed by atoms with Gasteiger partial charge in [-0.1, -0.05) is 5.16 Å². The van der Waals surface area contributed by atoms with E-state index in [0.717, 1.165) is 24.3 Å². The molecule has 17 heteroatoms. The maximum absolute atomic E-state index is 13.9. The van der Waals surface area contributed by atoms with Crippen molar-refractivity contribution >= 4 is 5.69 Å². The minimum atomic E-state index is -5.18. The van der Waals surface area contributed by atoms with Gasteiger partial charge in [0.1, 0.15) is 0 Å². The van der Waals surface area contributed by atoms with Crippen LogP contribution >= 0.6 is 0 Å². The van der Waals surface area contributed by atoms with Gasteiger partial charge in [0, 0.05) is 17.7 Å². The van der Waals surface area contributed by atoms with E-state index in [1.54, 1.807) is 0 Å². The van der Waals surface area contributed by atoms with Crippen molar-refractivity contribution in [2.24, 2.45) is 0 Å². The summed E-state index contributed by atoms with van der Waals surface area (Å²) >= 11 is 0. The van der Waals surface area contributed by atoms with Crippen molar-refractivity contribution in [2.45, 2.75) is 18.5 Å². The van der Waals surface area contributed by atoms with Gasteiger partial charge in [-0.15, -0.1) is 0 Å². The molecule has 0 amide bonds. The average Bonchev–Trinajstić information content (AvgIpc) is 3.45. The highest BCUT2D eigenvalue weighted by atomic mass is 19.4. The van der Waals surface area contributed by atoms with Crippen LogP contribution in [-0.4, -0.2) is 24.8 Å². The highest BCUT2D eigenvalue weighted by Crippen LogP contribution is 2.40. The first-order valence-corrected chi connectivity index (χ1v) is 9.59. The molecule has 0 aliphatic carbocycles. The van der Waals surface area contributed by atoms with Crippen molar-refractivity contribution in [2.75, 3.05) is 0 Å². The van der Waals surface area contributed by atoms with Crippen molar-refractivity contribution in [3.63, 3.8) is 0 Å². The molecular weight excluding hydrogens is 529 g/mol. The van der Waals surface area contributed by atoms with Crippen molar-refractivity contribution in [3.8, 4) is 28.5 Å². The van der Waals surface area contributed by atoms with Crippen LogP contribution in [0.15, 0.2) is 53.2 Å². The third kappa shape index (κ3) is 5.10. The Morgan fingerprint density at radius 1 is 0.838 bits per heavy atom. The van der Waals surface area contributed by atoms with Gasteiger partial charge in [-0.3, -0.25) is 10.1 Å². The second-order valence-electron chi connectivity index (χ2n) is 7.31. The van der Waals surface area contributed by atoms with Gasteiger partial charge in [0.25, 0.3) is 11.6 Å². The van der Waals surface area contributed by atoms with Crippen LogP contribution in [0.1, 0.15) is 16.8 Å². The molecule has 0 saturated heterocycles. The fourth-order valence-corrected chi connectivity index (χ4v) is 3.22. The SMILES string of the molecule is O=[N+]([O-])c1ccc(-n2ncc(-c3nc(-c4cc(C(F)(F)F)cc(C(F)(F)F)c4)no3)c2C(F)(F)F)cc1. The summed E-state index contributed by atoms with van der Waals surface area (Å²) in [4.78, 5) is 13.6. The number of hydrogen-bond acceptors (Lipinski definition) is 6. The first-order chi connectivity index (χ1) is 17.1. The smallest absolute Gasteiger partial charge is 0.333 e. The van der Waals surface area contributed by atoms with E-state index < -0.39 is 68.8 Å².